The topological polar surface area (TPSA) is 47.9 Å². The van der Waals surface area contributed by atoms with Crippen LogP contribution in [0.2, 0.25) is 0 Å². The molecule has 0 atom stereocenters. The molecule has 0 fully saturated rings. The Bertz CT molecular complexity index is 1920. The molecular weight excluding hydrogens is 514 g/mol. The molecule has 0 unspecified atom stereocenters. The highest BCUT2D eigenvalue weighted by Gasteiger charge is 2.41. The van der Waals surface area contributed by atoms with E-state index < -0.39 is 0 Å². The molecule has 1 aliphatic heterocycles. The fourth-order valence-electron chi connectivity index (χ4n) is 6.67. The van der Waals surface area contributed by atoms with Crippen LogP contribution < -0.4 is 4.74 Å². The maximum absolute atomic E-state index is 6.20. The van der Waals surface area contributed by atoms with Gasteiger partial charge in [0.05, 0.1) is 6.61 Å². The summed E-state index contributed by atoms with van der Waals surface area (Å²) in [6.45, 7) is 5.42. The quantitative estimate of drug-likeness (QED) is 0.223. The van der Waals surface area contributed by atoms with Crippen molar-refractivity contribution in [3.8, 4) is 62.2 Å². The molecule has 8 rings (SSSR count). The number of fused-ring (bicyclic) bond motifs is 5. The Hall–Kier alpha value is -5.09. The van der Waals surface area contributed by atoms with Crippen LogP contribution in [0.25, 0.3) is 56.4 Å². The third-order valence-electron chi connectivity index (χ3n) is 8.59. The maximum atomic E-state index is 6.20. The number of aromatic nitrogens is 3. The van der Waals surface area contributed by atoms with Crippen LogP contribution in [-0.2, 0) is 11.8 Å². The largest absolute Gasteiger partial charge is 0.493 e. The Kier molecular flexibility index (Phi) is 5.58. The normalized spacial score (nSPS) is 14.1. The van der Waals surface area contributed by atoms with Gasteiger partial charge in [-0.05, 0) is 39.4 Å². The van der Waals surface area contributed by atoms with Crippen LogP contribution in [0, 0.1) is 0 Å². The van der Waals surface area contributed by atoms with Crippen molar-refractivity contribution in [3.05, 3.63) is 132 Å². The van der Waals surface area contributed by atoms with E-state index in [1.807, 2.05) is 60.7 Å². The first-order valence-corrected chi connectivity index (χ1v) is 14.5. The first-order chi connectivity index (χ1) is 20.6. The molecule has 0 N–H and O–H groups in total. The Morgan fingerprint density at radius 2 is 1.07 bits per heavy atom. The van der Waals surface area contributed by atoms with E-state index in [0.29, 0.717) is 17.5 Å². The highest BCUT2D eigenvalue weighted by molar-refractivity contribution is 5.90. The first-order valence-electron chi connectivity index (χ1n) is 14.5. The van der Waals surface area contributed by atoms with Crippen LogP contribution in [0.3, 0.4) is 0 Å². The second-order valence-electron chi connectivity index (χ2n) is 11.5. The van der Waals surface area contributed by atoms with Crippen molar-refractivity contribution >= 4 is 0 Å². The number of benzene rings is 5. The summed E-state index contributed by atoms with van der Waals surface area (Å²) < 4.78 is 6.20. The first kappa shape index (κ1) is 24.7. The van der Waals surface area contributed by atoms with Crippen LogP contribution >= 0.6 is 0 Å². The summed E-state index contributed by atoms with van der Waals surface area (Å²) >= 11 is 0. The fraction of sp³-hybridized carbons (Fsp3) is 0.132. The Labute approximate surface area is 245 Å². The van der Waals surface area contributed by atoms with E-state index in [0.717, 1.165) is 41.0 Å². The van der Waals surface area contributed by atoms with Gasteiger partial charge in [-0.2, -0.15) is 0 Å². The van der Waals surface area contributed by atoms with Crippen LogP contribution in [0.5, 0.6) is 5.75 Å². The third kappa shape index (κ3) is 3.87. The zero-order chi connectivity index (χ0) is 28.3. The summed E-state index contributed by atoms with van der Waals surface area (Å²) in [4.78, 5) is 14.8. The van der Waals surface area contributed by atoms with Gasteiger partial charge in [0.2, 0.25) is 0 Å². The molecule has 4 heteroatoms. The molecule has 5 aromatic carbocycles. The van der Waals surface area contributed by atoms with Gasteiger partial charge < -0.3 is 4.74 Å². The molecular formula is C38H29N3O. The summed E-state index contributed by atoms with van der Waals surface area (Å²) in [5, 5.41) is 0. The second-order valence-corrected chi connectivity index (χ2v) is 11.5. The third-order valence-corrected chi connectivity index (χ3v) is 8.59. The van der Waals surface area contributed by atoms with Crippen LogP contribution in [0.4, 0.5) is 0 Å². The summed E-state index contributed by atoms with van der Waals surface area (Å²) in [6.07, 6.45) is 0.978. The number of ether oxygens (including phenoxy) is 1. The van der Waals surface area contributed by atoms with Gasteiger partial charge in [-0.1, -0.05) is 123 Å². The van der Waals surface area contributed by atoms with Crippen LogP contribution in [0.15, 0.2) is 115 Å². The van der Waals surface area contributed by atoms with E-state index in [1.165, 1.54) is 33.4 Å². The van der Waals surface area contributed by atoms with E-state index >= 15 is 0 Å². The summed E-state index contributed by atoms with van der Waals surface area (Å²) in [6, 6.07) is 40.0. The predicted octanol–water partition coefficient (Wildman–Crippen LogP) is 8.78. The molecule has 2 aliphatic rings. The lowest BCUT2D eigenvalue weighted by molar-refractivity contribution is 0.349. The molecule has 0 amide bonds. The van der Waals surface area contributed by atoms with Crippen molar-refractivity contribution in [2.24, 2.45) is 0 Å². The smallest absolute Gasteiger partial charge is 0.164 e. The van der Waals surface area contributed by atoms with Gasteiger partial charge >= 0.3 is 0 Å². The lowest BCUT2D eigenvalue weighted by Gasteiger charge is -2.26. The van der Waals surface area contributed by atoms with Gasteiger partial charge in [-0.15, -0.1) is 0 Å². The van der Waals surface area contributed by atoms with E-state index in [4.69, 9.17) is 19.7 Å². The molecule has 0 radical (unpaired) electrons. The number of hydrogen-bond donors (Lipinski definition) is 0. The second kappa shape index (κ2) is 9.49. The molecule has 0 saturated carbocycles. The summed E-state index contributed by atoms with van der Waals surface area (Å²) in [7, 11) is 0. The Morgan fingerprint density at radius 3 is 1.76 bits per heavy atom. The zero-order valence-corrected chi connectivity index (χ0v) is 23.6. The van der Waals surface area contributed by atoms with Crippen LogP contribution in [0.1, 0.15) is 30.5 Å². The molecule has 0 bridgehead atoms. The highest BCUT2D eigenvalue weighted by atomic mass is 16.5. The van der Waals surface area contributed by atoms with E-state index in [1.54, 1.807) is 0 Å². The maximum Gasteiger partial charge on any atom is 0.164 e. The number of rotatable bonds is 4. The Balaban J connectivity index is 1.28. The minimum Gasteiger partial charge on any atom is -0.493 e. The van der Waals surface area contributed by atoms with E-state index in [-0.39, 0.29) is 5.41 Å². The molecule has 42 heavy (non-hydrogen) atoms. The summed E-state index contributed by atoms with van der Waals surface area (Å²) in [5.41, 5.74) is 11.6. The van der Waals surface area contributed by atoms with Crippen molar-refractivity contribution in [1.82, 2.24) is 15.0 Å². The monoisotopic (exact) mass is 543 g/mol. The van der Waals surface area contributed by atoms with Crippen molar-refractivity contribution in [1.29, 1.82) is 0 Å². The highest BCUT2D eigenvalue weighted by Crippen LogP contribution is 2.56. The van der Waals surface area contributed by atoms with Gasteiger partial charge in [0.25, 0.3) is 0 Å². The molecule has 1 aliphatic carbocycles. The van der Waals surface area contributed by atoms with Crippen molar-refractivity contribution in [2.75, 3.05) is 6.61 Å². The van der Waals surface area contributed by atoms with E-state index in [2.05, 4.69) is 68.4 Å². The fourth-order valence-corrected chi connectivity index (χ4v) is 6.67. The minimum atomic E-state index is -0.193. The molecule has 6 aromatic rings. The van der Waals surface area contributed by atoms with E-state index in [9.17, 15) is 0 Å². The molecule has 1 aromatic heterocycles. The predicted molar refractivity (Wildman–Crippen MR) is 168 cm³/mol. The van der Waals surface area contributed by atoms with Gasteiger partial charge in [-0.25, -0.2) is 15.0 Å². The lowest BCUT2D eigenvalue weighted by Crippen LogP contribution is -2.17. The molecule has 2 heterocycles. The van der Waals surface area contributed by atoms with Gasteiger partial charge in [0.1, 0.15) is 5.75 Å². The number of hydrogen-bond acceptors (Lipinski definition) is 4. The van der Waals surface area contributed by atoms with Crippen molar-refractivity contribution < 1.29 is 4.74 Å². The van der Waals surface area contributed by atoms with Crippen molar-refractivity contribution in [2.45, 2.75) is 25.7 Å². The van der Waals surface area contributed by atoms with Gasteiger partial charge in [0.15, 0.2) is 17.5 Å². The standard InChI is InChI=1S/C38H29N3O/c1-38(2)32-29(17-10-18-30(32)31-20-19-24-21-22-42-34(24)33(31)38)27-15-9-16-28(23-27)37-40-35(25-11-5-3-6-12-25)39-36(41-37)26-13-7-4-8-14-26/h3-20,23H,21-22H2,1-2H3. The average Bonchev–Trinajstić information content (AvgIpc) is 3.62. The zero-order valence-electron chi connectivity index (χ0n) is 23.6. The SMILES string of the molecule is CC1(C)c2c(-c3cccc(-c4nc(-c5ccccc5)nc(-c5ccccc5)n4)c3)cccc2-c2ccc3c(c21)OCC3. The number of nitrogens with zero attached hydrogens (tertiary/aromatic N) is 3. The van der Waals surface area contributed by atoms with Gasteiger partial charge in [-0.3, -0.25) is 0 Å². The molecule has 4 nitrogen and oxygen atoms in total. The molecule has 0 spiro atoms. The average molecular weight is 544 g/mol. The van der Waals surface area contributed by atoms with Crippen LogP contribution in [-0.4, -0.2) is 21.6 Å². The molecule has 0 saturated heterocycles. The lowest BCUT2D eigenvalue weighted by atomic mass is 9.78. The van der Waals surface area contributed by atoms with Crippen molar-refractivity contribution in [3.63, 3.8) is 0 Å². The molecule has 202 valence electrons. The minimum absolute atomic E-state index is 0.193. The Morgan fingerprint density at radius 1 is 0.524 bits per heavy atom. The summed E-state index contributed by atoms with van der Waals surface area (Å²) in [5.74, 6) is 3.07. The van der Waals surface area contributed by atoms with Gasteiger partial charge in [0, 0.05) is 34.1 Å².